The number of benzene rings is 2. The Hall–Kier alpha value is -2.23. The molecule has 1 N–H and O–H groups in total. The third-order valence-corrected chi connectivity index (χ3v) is 3.44. The van der Waals surface area contributed by atoms with Gasteiger partial charge in [-0.3, -0.25) is 4.79 Å². The van der Waals surface area contributed by atoms with Crippen molar-refractivity contribution < 1.29 is 18.7 Å². The first kappa shape index (κ1) is 11.8. The normalized spacial score (nSPS) is 17.6. The molecule has 96 valence electrons. The molecule has 0 saturated heterocycles. The summed E-state index contributed by atoms with van der Waals surface area (Å²) in [6, 6.07) is 7.77. The Morgan fingerprint density at radius 1 is 1.11 bits per heavy atom. The molecular weight excluding hydrogens is 250 g/mol. The fraction of sp³-hybridized carbons (Fsp3) is 0.133. The standard InChI is InChI=1S/C15H10F2O2/c16-9-2-4-11(14(17)6-9)13-5-8-1-3-10(18)7-12(8)15(13)19/h1-4,6-7,13,18H,5H2. The van der Waals surface area contributed by atoms with E-state index in [1.807, 2.05) is 0 Å². The smallest absolute Gasteiger partial charge is 0.171 e. The SMILES string of the molecule is O=C1c2cc(O)ccc2CC1c1ccc(F)cc1F. The molecule has 1 unspecified atom stereocenters. The lowest BCUT2D eigenvalue weighted by Gasteiger charge is -2.09. The molecule has 0 spiro atoms. The number of carbonyl (C=O) groups excluding carboxylic acids is 1. The second-order valence-electron chi connectivity index (χ2n) is 4.63. The average molecular weight is 260 g/mol. The van der Waals surface area contributed by atoms with E-state index in [-0.39, 0.29) is 17.1 Å². The highest BCUT2D eigenvalue weighted by atomic mass is 19.1. The molecular formula is C15H10F2O2. The lowest BCUT2D eigenvalue weighted by molar-refractivity contribution is 0.0971. The van der Waals surface area contributed by atoms with Crippen LogP contribution in [0.5, 0.6) is 5.75 Å². The molecule has 0 fully saturated rings. The number of ketones is 1. The molecule has 0 amide bonds. The molecule has 2 nitrogen and oxygen atoms in total. The van der Waals surface area contributed by atoms with Gasteiger partial charge in [0.25, 0.3) is 0 Å². The van der Waals surface area contributed by atoms with E-state index in [0.717, 1.165) is 17.7 Å². The van der Waals surface area contributed by atoms with Crippen molar-refractivity contribution in [3.05, 3.63) is 64.7 Å². The van der Waals surface area contributed by atoms with Gasteiger partial charge in [0.1, 0.15) is 17.4 Å². The van der Waals surface area contributed by atoms with E-state index in [2.05, 4.69) is 0 Å². The van der Waals surface area contributed by atoms with E-state index in [4.69, 9.17) is 0 Å². The Kier molecular flexibility index (Phi) is 2.59. The fourth-order valence-electron chi connectivity index (χ4n) is 2.51. The van der Waals surface area contributed by atoms with Gasteiger partial charge in [0, 0.05) is 11.6 Å². The van der Waals surface area contributed by atoms with Crippen LogP contribution in [0.25, 0.3) is 0 Å². The maximum atomic E-state index is 13.7. The van der Waals surface area contributed by atoms with Gasteiger partial charge in [0.05, 0.1) is 5.92 Å². The van der Waals surface area contributed by atoms with Gasteiger partial charge in [-0.15, -0.1) is 0 Å². The van der Waals surface area contributed by atoms with Crippen molar-refractivity contribution >= 4 is 5.78 Å². The lowest BCUT2D eigenvalue weighted by atomic mass is 9.95. The minimum atomic E-state index is -0.713. The van der Waals surface area contributed by atoms with Gasteiger partial charge >= 0.3 is 0 Å². The second-order valence-corrected chi connectivity index (χ2v) is 4.63. The van der Waals surface area contributed by atoms with Crippen LogP contribution in [0.2, 0.25) is 0 Å². The third kappa shape index (κ3) is 1.89. The maximum absolute atomic E-state index is 13.7. The minimum absolute atomic E-state index is 0.00679. The van der Waals surface area contributed by atoms with E-state index in [1.165, 1.54) is 18.2 Å². The van der Waals surface area contributed by atoms with Gasteiger partial charge in [0.15, 0.2) is 5.78 Å². The molecule has 0 bridgehead atoms. The van der Waals surface area contributed by atoms with E-state index in [9.17, 15) is 18.7 Å². The van der Waals surface area contributed by atoms with Crippen LogP contribution in [0.1, 0.15) is 27.4 Å². The van der Waals surface area contributed by atoms with Crippen LogP contribution in [-0.2, 0) is 6.42 Å². The number of phenolic OH excluding ortho intramolecular Hbond substituents is 1. The first-order valence-corrected chi connectivity index (χ1v) is 5.87. The topological polar surface area (TPSA) is 37.3 Å². The summed E-state index contributed by atoms with van der Waals surface area (Å²) in [6.07, 6.45) is 0.372. The Balaban J connectivity index is 2.04. The molecule has 1 aliphatic carbocycles. The first-order chi connectivity index (χ1) is 9.06. The van der Waals surface area contributed by atoms with Crippen LogP contribution in [0.15, 0.2) is 36.4 Å². The van der Waals surface area contributed by atoms with Crippen molar-refractivity contribution in [3.63, 3.8) is 0 Å². The number of hydrogen-bond acceptors (Lipinski definition) is 2. The summed E-state index contributed by atoms with van der Waals surface area (Å²) in [4.78, 5) is 12.2. The zero-order valence-corrected chi connectivity index (χ0v) is 9.86. The molecule has 0 saturated carbocycles. The van der Waals surface area contributed by atoms with Crippen LogP contribution in [0.4, 0.5) is 8.78 Å². The van der Waals surface area contributed by atoms with Gasteiger partial charge in [-0.05, 0) is 35.7 Å². The zero-order valence-electron chi connectivity index (χ0n) is 9.86. The van der Waals surface area contributed by atoms with Crippen molar-refractivity contribution in [1.82, 2.24) is 0 Å². The van der Waals surface area contributed by atoms with Gasteiger partial charge < -0.3 is 5.11 Å². The van der Waals surface area contributed by atoms with Crippen LogP contribution in [0.3, 0.4) is 0 Å². The van der Waals surface area contributed by atoms with Crippen molar-refractivity contribution in [2.75, 3.05) is 0 Å². The maximum Gasteiger partial charge on any atom is 0.171 e. The molecule has 0 aliphatic heterocycles. The molecule has 2 aromatic rings. The molecule has 1 aliphatic rings. The monoisotopic (exact) mass is 260 g/mol. The average Bonchev–Trinajstić information content (AvgIpc) is 2.67. The Bertz CT molecular complexity index is 680. The first-order valence-electron chi connectivity index (χ1n) is 5.87. The Morgan fingerprint density at radius 2 is 1.89 bits per heavy atom. The van der Waals surface area contributed by atoms with Crippen LogP contribution < -0.4 is 0 Å². The summed E-state index contributed by atoms with van der Waals surface area (Å²) in [5.74, 6) is -2.25. The Labute approximate surface area is 108 Å². The van der Waals surface area contributed by atoms with E-state index in [0.29, 0.717) is 12.0 Å². The third-order valence-electron chi connectivity index (χ3n) is 3.44. The summed E-state index contributed by atoms with van der Waals surface area (Å²) >= 11 is 0. The quantitative estimate of drug-likeness (QED) is 0.855. The zero-order chi connectivity index (χ0) is 13.6. The van der Waals surface area contributed by atoms with Crippen molar-refractivity contribution in [2.24, 2.45) is 0 Å². The van der Waals surface area contributed by atoms with Crippen LogP contribution >= 0.6 is 0 Å². The minimum Gasteiger partial charge on any atom is -0.508 e. The van der Waals surface area contributed by atoms with Crippen molar-refractivity contribution in [1.29, 1.82) is 0 Å². The predicted octanol–water partition coefficient (Wildman–Crippen LogP) is 3.19. The van der Waals surface area contributed by atoms with Crippen LogP contribution in [-0.4, -0.2) is 10.9 Å². The van der Waals surface area contributed by atoms with Gasteiger partial charge in [0.2, 0.25) is 0 Å². The number of carbonyl (C=O) groups is 1. The molecule has 0 radical (unpaired) electrons. The summed E-state index contributed by atoms with van der Waals surface area (Å²) in [7, 11) is 0. The molecule has 4 heteroatoms. The molecule has 2 aromatic carbocycles. The highest BCUT2D eigenvalue weighted by Crippen LogP contribution is 2.36. The van der Waals surface area contributed by atoms with Gasteiger partial charge in [-0.2, -0.15) is 0 Å². The van der Waals surface area contributed by atoms with E-state index < -0.39 is 17.6 Å². The van der Waals surface area contributed by atoms with Crippen LogP contribution in [0, 0.1) is 11.6 Å². The number of phenols is 1. The predicted molar refractivity (Wildman–Crippen MR) is 65.2 cm³/mol. The highest BCUT2D eigenvalue weighted by Gasteiger charge is 2.33. The number of Topliss-reactive ketones (excluding diaryl/α,β-unsaturated/α-hetero) is 1. The van der Waals surface area contributed by atoms with Gasteiger partial charge in [-0.1, -0.05) is 12.1 Å². The summed E-state index contributed by atoms with van der Waals surface area (Å²) in [5, 5.41) is 9.39. The second kappa shape index (κ2) is 4.16. The number of hydrogen-bond donors (Lipinski definition) is 1. The Morgan fingerprint density at radius 3 is 2.63 bits per heavy atom. The fourth-order valence-corrected chi connectivity index (χ4v) is 2.51. The highest BCUT2D eigenvalue weighted by molar-refractivity contribution is 6.05. The molecule has 0 heterocycles. The van der Waals surface area contributed by atoms with E-state index in [1.54, 1.807) is 6.07 Å². The van der Waals surface area contributed by atoms with Crippen molar-refractivity contribution in [2.45, 2.75) is 12.3 Å². The summed E-state index contributed by atoms with van der Waals surface area (Å²) in [6.45, 7) is 0. The van der Waals surface area contributed by atoms with Gasteiger partial charge in [-0.25, -0.2) is 8.78 Å². The lowest BCUT2D eigenvalue weighted by Crippen LogP contribution is -2.09. The summed E-state index contributed by atoms with van der Waals surface area (Å²) < 4.78 is 26.6. The molecule has 0 aromatic heterocycles. The number of rotatable bonds is 1. The molecule has 19 heavy (non-hydrogen) atoms. The molecule has 3 rings (SSSR count). The molecule has 1 atom stereocenters. The number of aromatic hydroxyl groups is 1. The van der Waals surface area contributed by atoms with E-state index >= 15 is 0 Å². The van der Waals surface area contributed by atoms with Crippen molar-refractivity contribution in [3.8, 4) is 5.75 Å². The number of fused-ring (bicyclic) bond motifs is 1. The summed E-state index contributed by atoms with van der Waals surface area (Å²) in [5.41, 5.74) is 1.38. The largest absolute Gasteiger partial charge is 0.508 e. The number of halogens is 2.